The van der Waals surface area contributed by atoms with Gasteiger partial charge in [-0.3, -0.25) is 9.59 Å². The van der Waals surface area contributed by atoms with E-state index in [9.17, 15) is 23.1 Å². The summed E-state index contributed by atoms with van der Waals surface area (Å²) in [6, 6.07) is 11.3. The molecule has 2 N–H and O–H groups in total. The number of fused-ring (bicyclic) bond motifs is 1. The minimum Gasteiger partial charge on any atom is -0.396 e. The van der Waals surface area contributed by atoms with Crippen molar-refractivity contribution in [2.75, 3.05) is 13.2 Å². The highest BCUT2D eigenvalue weighted by Gasteiger charge is 2.25. The first-order valence-corrected chi connectivity index (χ1v) is 11.4. The molecule has 7 nitrogen and oxygen atoms in total. The standard InChI is InChI=1S/C23H26N2O5S/c1-15-5-6-16(2)22-21(15)13-19(23(28)24-22)14-25(11-4-12-26)31(29,30)20-9-7-18(8-10-20)17(3)27/h5-10,13,26H,4,11-12,14H2,1-3H3,(H,24,28). The average molecular weight is 443 g/mol. The van der Waals surface area contributed by atoms with Crippen molar-refractivity contribution in [3.05, 3.63) is 75.1 Å². The van der Waals surface area contributed by atoms with Gasteiger partial charge in [-0.2, -0.15) is 4.31 Å². The van der Waals surface area contributed by atoms with E-state index < -0.39 is 10.0 Å². The van der Waals surface area contributed by atoms with Crippen LogP contribution in [-0.2, 0) is 16.6 Å². The molecule has 0 aliphatic heterocycles. The van der Waals surface area contributed by atoms with Crippen LogP contribution in [0.25, 0.3) is 10.9 Å². The third-order valence-corrected chi connectivity index (χ3v) is 7.19. The molecule has 0 spiro atoms. The predicted octanol–water partition coefficient (Wildman–Crippen LogP) is 2.92. The maximum absolute atomic E-state index is 13.3. The molecular formula is C23H26N2O5S. The van der Waals surface area contributed by atoms with Gasteiger partial charge in [0.05, 0.1) is 10.4 Å². The second kappa shape index (κ2) is 9.13. The highest BCUT2D eigenvalue weighted by molar-refractivity contribution is 7.89. The fraction of sp³-hybridized carbons (Fsp3) is 0.304. The van der Waals surface area contributed by atoms with Crippen molar-refractivity contribution < 1.29 is 18.3 Å². The van der Waals surface area contributed by atoms with Crippen LogP contribution in [0.2, 0.25) is 0 Å². The van der Waals surface area contributed by atoms with E-state index in [4.69, 9.17) is 0 Å². The number of pyridine rings is 1. The molecule has 0 saturated carbocycles. The van der Waals surface area contributed by atoms with E-state index in [0.29, 0.717) is 11.1 Å². The van der Waals surface area contributed by atoms with Crippen LogP contribution < -0.4 is 5.56 Å². The number of nitrogens with one attached hydrogen (secondary N) is 1. The van der Waals surface area contributed by atoms with Crippen molar-refractivity contribution in [3.8, 4) is 0 Å². The molecule has 164 valence electrons. The fourth-order valence-electron chi connectivity index (χ4n) is 3.47. The smallest absolute Gasteiger partial charge is 0.252 e. The average Bonchev–Trinajstić information content (AvgIpc) is 2.74. The number of aromatic nitrogens is 1. The van der Waals surface area contributed by atoms with Crippen molar-refractivity contribution in [3.63, 3.8) is 0 Å². The van der Waals surface area contributed by atoms with Gasteiger partial charge in [-0.25, -0.2) is 8.42 Å². The van der Waals surface area contributed by atoms with Gasteiger partial charge in [0.25, 0.3) is 5.56 Å². The van der Waals surface area contributed by atoms with Crippen molar-refractivity contribution in [2.45, 2.75) is 38.6 Å². The Morgan fingerprint density at radius 1 is 1.06 bits per heavy atom. The van der Waals surface area contributed by atoms with Crippen molar-refractivity contribution in [1.82, 2.24) is 9.29 Å². The molecule has 0 bridgehead atoms. The van der Waals surface area contributed by atoms with Gasteiger partial charge in [0.15, 0.2) is 5.78 Å². The lowest BCUT2D eigenvalue weighted by molar-refractivity contribution is 0.101. The van der Waals surface area contributed by atoms with Crippen LogP contribution >= 0.6 is 0 Å². The summed E-state index contributed by atoms with van der Waals surface area (Å²) in [4.78, 5) is 27.1. The first-order chi connectivity index (χ1) is 14.6. The molecule has 0 atom stereocenters. The summed E-state index contributed by atoms with van der Waals surface area (Å²) in [5.41, 5.74) is 3.03. The van der Waals surface area contributed by atoms with Crippen LogP contribution in [0, 0.1) is 13.8 Å². The van der Waals surface area contributed by atoms with Gasteiger partial charge in [0, 0.05) is 36.2 Å². The molecule has 0 aliphatic carbocycles. The molecule has 0 amide bonds. The Kier molecular flexibility index (Phi) is 6.74. The van der Waals surface area contributed by atoms with Crippen LogP contribution in [0.1, 0.15) is 40.4 Å². The molecule has 0 unspecified atom stereocenters. The number of aromatic amines is 1. The number of ketones is 1. The number of aryl methyl sites for hydroxylation is 2. The summed E-state index contributed by atoms with van der Waals surface area (Å²) in [7, 11) is -3.94. The lowest BCUT2D eigenvalue weighted by Gasteiger charge is -2.22. The highest BCUT2D eigenvalue weighted by Crippen LogP contribution is 2.23. The van der Waals surface area contributed by atoms with Crippen LogP contribution in [-0.4, -0.2) is 41.7 Å². The van der Waals surface area contributed by atoms with E-state index in [-0.39, 0.29) is 42.4 Å². The first kappa shape index (κ1) is 22.9. The number of H-pyrrole nitrogens is 1. The van der Waals surface area contributed by atoms with Gasteiger partial charge in [-0.1, -0.05) is 24.3 Å². The number of nitrogens with zero attached hydrogens (tertiary/aromatic N) is 1. The molecule has 1 heterocycles. The number of benzene rings is 2. The molecule has 3 aromatic rings. The zero-order valence-electron chi connectivity index (χ0n) is 17.8. The summed E-state index contributed by atoms with van der Waals surface area (Å²) >= 11 is 0. The quantitative estimate of drug-likeness (QED) is 0.522. The lowest BCUT2D eigenvalue weighted by atomic mass is 10.0. The molecule has 1 aromatic heterocycles. The molecule has 8 heteroatoms. The van der Waals surface area contributed by atoms with E-state index in [1.807, 2.05) is 26.0 Å². The van der Waals surface area contributed by atoms with Gasteiger partial charge in [-0.15, -0.1) is 0 Å². The van der Waals surface area contributed by atoms with Gasteiger partial charge < -0.3 is 10.1 Å². The fourth-order valence-corrected chi connectivity index (χ4v) is 4.92. The van der Waals surface area contributed by atoms with Gasteiger partial charge in [0.2, 0.25) is 10.0 Å². The summed E-state index contributed by atoms with van der Waals surface area (Å²) in [5, 5.41) is 10.1. The van der Waals surface area contributed by atoms with E-state index in [0.717, 1.165) is 22.0 Å². The number of carbonyl (C=O) groups excluding carboxylic acids is 1. The Labute approximate surface area is 181 Å². The summed E-state index contributed by atoms with van der Waals surface area (Å²) < 4.78 is 27.7. The zero-order valence-corrected chi connectivity index (χ0v) is 18.6. The third kappa shape index (κ3) is 4.76. The predicted molar refractivity (Wildman–Crippen MR) is 120 cm³/mol. The maximum Gasteiger partial charge on any atom is 0.252 e. The summed E-state index contributed by atoms with van der Waals surface area (Å²) in [6.45, 7) is 4.99. The van der Waals surface area contributed by atoms with Crippen molar-refractivity contribution in [2.24, 2.45) is 0 Å². The number of aliphatic hydroxyl groups is 1. The summed E-state index contributed by atoms with van der Waals surface area (Å²) in [6.07, 6.45) is 0.231. The zero-order chi connectivity index (χ0) is 22.8. The van der Waals surface area contributed by atoms with Crippen LogP contribution in [0.3, 0.4) is 0 Å². The van der Waals surface area contributed by atoms with Crippen LogP contribution in [0.5, 0.6) is 0 Å². The Balaban J connectivity index is 2.03. The Hall–Kier alpha value is -2.81. The molecule has 2 aromatic carbocycles. The number of carbonyl (C=O) groups is 1. The molecule has 0 radical (unpaired) electrons. The normalized spacial score (nSPS) is 11.9. The van der Waals surface area contributed by atoms with Gasteiger partial charge in [0.1, 0.15) is 0 Å². The number of hydrogen-bond donors (Lipinski definition) is 2. The molecule has 0 aliphatic rings. The molecule has 0 saturated heterocycles. The number of Topliss-reactive ketones (excluding diaryl/α,β-unsaturated/α-hetero) is 1. The Morgan fingerprint density at radius 2 is 1.71 bits per heavy atom. The second-order valence-corrected chi connectivity index (χ2v) is 9.55. The van der Waals surface area contributed by atoms with E-state index in [1.165, 1.54) is 35.5 Å². The van der Waals surface area contributed by atoms with E-state index in [1.54, 1.807) is 6.07 Å². The number of rotatable bonds is 8. The highest BCUT2D eigenvalue weighted by atomic mass is 32.2. The van der Waals surface area contributed by atoms with Crippen LogP contribution in [0.4, 0.5) is 0 Å². The van der Waals surface area contributed by atoms with Gasteiger partial charge >= 0.3 is 0 Å². The molecule has 0 fully saturated rings. The number of sulfonamides is 1. The molecule has 3 rings (SSSR count). The SMILES string of the molecule is CC(=O)c1ccc(S(=O)(=O)N(CCCO)Cc2cc3c(C)ccc(C)c3[nH]c2=O)cc1. The summed E-state index contributed by atoms with van der Waals surface area (Å²) in [5.74, 6) is -0.158. The molecular weight excluding hydrogens is 416 g/mol. The van der Waals surface area contributed by atoms with E-state index in [2.05, 4.69) is 4.98 Å². The Bertz CT molecular complexity index is 1280. The monoisotopic (exact) mass is 442 g/mol. The third-order valence-electron chi connectivity index (χ3n) is 5.33. The van der Waals surface area contributed by atoms with E-state index >= 15 is 0 Å². The second-order valence-electron chi connectivity index (χ2n) is 7.61. The first-order valence-electron chi connectivity index (χ1n) is 9.99. The number of aliphatic hydroxyl groups excluding tert-OH is 1. The van der Waals surface area contributed by atoms with Crippen molar-refractivity contribution >= 4 is 26.7 Å². The van der Waals surface area contributed by atoms with Crippen molar-refractivity contribution in [1.29, 1.82) is 0 Å². The topological polar surface area (TPSA) is 108 Å². The number of hydrogen-bond acceptors (Lipinski definition) is 5. The Morgan fingerprint density at radius 3 is 2.32 bits per heavy atom. The lowest BCUT2D eigenvalue weighted by Crippen LogP contribution is -2.34. The molecule has 31 heavy (non-hydrogen) atoms. The maximum atomic E-state index is 13.3. The largest absolute Gasteiger partial charge is 0.396 e. The minimum absolute atomic E-state index is 0.0275. The minimum atomic E-state index is -3.94. The van der Waals surface area contributed by atoms with Gasteiger partial charge in [-0.05, 0) is 56.5 Å². The van der Waals surface area contributed by atoms with Crippen LogP contribution in [0.15, 0.2) is 52.2 Å².